The van der Waals surface area contributed by atoms with Crippen LogP contribution in [0.5, 0.6) is 0 Å². The molecule has 4 aliphatic carbocycles. The number of para-hydroxylation sites is 2. The number of aromatic amines is 4. The van der Waals surface area contributed by atoms with Crippen molar-refractivity contribution in [2.75, 3.05) is 32.7 Å². The van der Waals surface area contributed by atoms with E-state index in [1.807, 2.05) is 66.7 Å². The third-order valence-corrected chi connectivity index (χ3v) is 19.1. The molecule has 8 aromatic heterocycles. The number of halogens is 6. The molecule has 528 valence electrons. The Labute approximate surface area is 606 Å². The number of H-pyrrole nitrogens is 4. The van der Waals surface area contributed by atoms with Crippen molar-refractivity contribution < 1.29 is 36.7 Å². The quantitative estimate of drug-likeness (QED) is 0.0402. The van der Waals surface area contributed by atoms with Crippen LogP contribution in [0, 0.1) is 34.2 Å². The van der Waals surface area contributed by atoms with Crippen molar-refractivity contribution >= 4 is 103 Å². The van der Waals surface area contributed by atoms with Gasteiger partial charge in [-0.2, -0.15) is 4.39 Å². The van der Waals surface area contributed by atoms with Crippen molar-refractivity contribution in [3.8, 4) is 45.0 Å². The monoisotopic (exact) mass is 1440 g/mol. The first-order valence-corrected chi connectivity index (χ1v) is 34.6. The summed E-state index contributed by atoms with van der Waals surface area (Å²) >= 11 is 12.6. The molecule has 4 aliphatic rings. The van der Waals surface area contributed by atoms with Crippen molar-refractivity contribution in [2.24, 2.45) is 10.8 Å². The summed E-state index contributed by atoms with van der Waals surface area (Å²) in [5, 5.41) is 13.7. The first-order valence-electron chi connectivity index (χ1n) is 33.8. The Bertz CT molecular complexity index is 5260. The van der Waals surface area contributed by atoms with E-state index in [-0.39, 0.29) is 44.9 Å². The average Bonchev–Trinajstić information content (AvgIpc) is 1.62. The fraction of sp³-hybridized carbons (Fsp3) is 0.200. The third kappa shape index (κ3) is 15.6. The summed E-state index contributed by atoms with van der Waals surface area (Å²) in [5.74, 6) is -1.64. The number of benzene rings is 4. The van der Waals surface area contributed by atoms with E-state index in [4.69, 9.17) is 34.7 Å². The Morgan fingerprint density at radius 2 is 0.808 bits per heavy atom. The number of carbonyl (C=O) groups excluding carboxylic acids is 4. The van der Waals surface area contributed by atoms with Crippen LogP contribution in [0.2, 0.25) is 10.2 Å². The highest BCUT2D eigenvalue weighted by atomic mass is 35.5. The van der Waals surface area contributed by atoms with Crippen LogP contribution in [0.25, 0.3) is 45.0 Å². The third-order valence-electron chi connectivity index (χ3n) is 18.3. The Morgan fingerprint density at radius 3 is 1.28 bits per heavy atom. The largest absolute Gasteiger partial charge is 0.384 e. The highest BCUT2D eigenvalue weighted by molar-refractivity contribution is 6.43. The van der Waals surface area contributed by atoms with E-state index in [1.165, 1.54) is 30.5 Å². The predicted octanol–water partition coefficient (Wildman–Crippen LogP) is 19.7. The molecule has 0 unspecified atom stereocenters. The molecule has 0 fully saturated rings. The second kappa shape index (κ2) is 29.8. The second-order valence-corrected chi connectivity index (χ2v) is 28.2. The molecule has 16 rings (SSSR count). The molecule has 12 aromatic rings. The number of ketones is 4. The predicted molar refractivity (Wildman–Crippen MR) is 401 cm³/mol. The summed E-state index contributed by atoms with van der Waals surface area (Å²) in [6.45, 7) is 8.39. The van der Waals surface area contributed by atoms with Crippen LogP contribution in [0.15, 0.2) is 170 Å². The number of fused-ring (bicyclic) bond motifs is 4. The van der Waals surface area contributed by atoms with Gasteiger partial charge in [-0.15, -0.1) is 0 Å². The average molecular weight is 1440 g/mol. The molecule has 104 heavy (non-hydrogen) atoms. The molecule has 0 saturated heterocycles. The molecule has 4 aromatic carbocycles. The van der Waals surface area contributed by atoms with E-state index < -0.39 is 17.6 Å². The van der Waals surface area contributed by atoms with Crippen molar-refractivity contribution in [3.05, 3.63) is 249 Å². The van der Waals surface area contributed by atoms with Crippen LogP contribution in [0.4, 0.5) is 74.7 Å². The molecular weight excluding hydrogens is 1370 g/mol. The molecule has 0 bridgehead atoms. The summed E-state index contributed by atoms with van der Waals surface area (Å²) in [6.07, 6.45) is 13.0. The van der Waals surface area contributed by atoms with Crippen LogP contribution >= 0.6 is 23.2 Å². The van der Waals surface area contributed by atoms with E-state index in [0.717, 1.165) is 119 Å². The summed E-state index contributed by atoms with van der Waals surface area (Å²) in [6, 6.07) is 41.0. The van der Waals surface area contributed by atoms with Gasteiger partial charge in [0.05, 0.1) is 72.8 Å². The number of anilines is 10. The molecule has 0 spiro atoms. The minimum absolute atomic E-state index is 0.0147. The number of hydrogen-bond donors (Lipinski definition) is 10. The van der Waals surface area contributed by atoms with Crippen LogP contribution in [-0.4, -0.2) is 63.0 Å². The number of carbonyl (C=O) groups is 4. The van der Waals surface area contributed by atoms with Gasteiger partial charge in [0.25, 0.3) is 0 Å². The van der Waals surface area contributed by atoms with Crippen LogP contribution in [-0.2, 0) is 25.7 Å². The molecule has 0 saturated carbocycles. The lowest BCUT2D eigenvalue weighted by molar-refractivity contribution is 0.0903. The highest BCUT2D eigenvalue weighted by Gasteiger charge is 2.38. The highest BCUT2D eigenvalue weighted by Crippen LogP contribution is 2.48. The maximum absolute atomic E-state index is 13.7. The summed E-state index contributed by atoms with van der Waals surface area (Å²) in [4.78, 5) is 80.0. The molecular formula is C80H72Cl2F4N14O4. The van der Waals surface area contributed by atoms with Gasteiger partial charge in [0, 0.05) is 130 Å². The van der Waals surface area contributed by atoms with E-state index >= 15 is 0 Å². The van der Waals surface area contributed by atoms with Gasteiger partial charge in [-0.3, -0.25) is 19.2 Å². The summed E-state index contributed by atoms with van der Waals surface area (Å²) in [5.41, 5.74) is 29.1. The number of aromatic nitrogens is 8. The maximum atomic E-state index is 13.7. The van der Waals surface area contributed by atoms with E-state index in [1.54, 1.807) is 61.1 Å². The number of nitrogens with two attached hydrogens (primary N) is 2. The van der Waals surface area contributed by atoms with E-state index in [9.17, 15) is 36.7 Å². The summed E-state index contributed by atoms with van der Waals surface area (Å²) in [7, 11) is 0. The van der Waals surface area contributed by atoms with Crippen LogP contribution in [0.1, 0.15) is 130 Å². The number of nitrogens with one attached hydrogen (secondary N) is 8. The molecule has 0 aliphatic heterocycles. The standard InChI is InChI=1S/C21H19Cl2N3O.C21H20FN3O.C19H16F2N4O.C19H17FN4O/c1-21(2)10-14-16(15(27)11-21)19(25-12-6-4-3-5-7-12)18(26-14)13-8-9-24-20(23)17(13)22;1-21(2)11-15-18(16(26)12-21)20(24-14-6-4-3-5-7-14)19(25-15)13-8-9-23-17(22)10-13;20-12-5-4-11(9-13(12)21)24-19-17-14(2-1-3-15(17)26)25-18(19)10-6-7-23-16(22)8-10;20-12-4-6-13(7-5-12)23-19-17-14(2-1-3-15(17)25)24-18(19)11-8-9-22-16(21)10-11/h3-9,25-26H,10-11H2,1-2H3;3-10,24-25H,11-12H2,1-2H3;4-9,24-25H,1-3H2,(H2,22,23);4-10,23-24H,1-3H2,(H2,21,22). The second-order valence-electron chi connectivity index (χ2n) is 27.5. The van der Waals surface area contributed by atoms with Gasteiger partial charge in [-0.1, -0.05) is 87.3 Å². The zero-order chi connectivity index (χ0) is 73.1. The molecule has 0 atom stereocenters. The Kier molecular flexibility index (Phi) is 20.3. The van der Waals surface area contributed by atoms with Crippen LogP contribution in [0.3, 0.4) is 0 Å². The van der Waals surface area contributed by atoms with E-state index in [2.05, 4.69) is 88.8 Å². The lowest BCUT2D eigenvalue weighted by Gasteiger charge is -2.28. The van der Waals surface area contributed by atoms with Gasteiger partial charge < -0.3 is 52.7 Å². The van der Waals surface area contributed by atoms with Crippen LogP contribution < -0.4 is 32.7 Å². The van der Waals surface area contributed by atoms with Crippen molar-refractivity contribution in [1.29, 1.82) is 0 Å². The van der Waals surface area contributed by atoms with Gasteiger partial charge >= 0.3 is 0 Å². The minimum Gasteiger partial charge on any atom is -0.384 e. The van der Waals surface area contributed by atoms with Crippen molar-refractivity contribution in [3.63, 3.8) is 0 Å². The number of nitrogen functional groups attached to an aromatic ring is 2. The number of nitrogens with zero attached hydrogens (tertiary/aromatic N) is 4. The number of pyridine rings is 4. The number of rotatable bonds is 12. The Balaban J connectivity index is 0.000000123. The zero-order valence-electron chi connectivity index (χ0n) is 57.1. The minimum atomic E-state index is -0.958. The fourth-order valence-corrected chi connectivity index (χ4v) is 14.1. The Hall–Kier alpha value is -11.6. The number of Topliss-reactive ketones (excluding diaryl/α,β-unsaturated/α-hetero) is 4. The number of aryl methyl sites for hydroxylation is 2. The summed E-state index contributed by atoms with van der Waals surface area (Å²) < 4.78 is 53.7. The topological polar surface area (TPSA) is 283 Å². The number of hydrogen-bond acceptors (Lipinski definition) is 14. The fourth-order valence-electron chi connectivity index (χ4n) is 13.8. The molecule has 8 heterocycles. The van der Waals surface area contributed by atoms with Gasteiger partial charge in [0.15, 0.2) is 34.8 Å². The molecule has 18 nitrogen and oxygen atoms in total. The SMILES string of the molecule is CC1(C)CC(=O)c2c([nH]c(-c3ccnc(Cl)c3Cl)c2Nc2ccccc2)C1.CC1(C)CC(=O)c2c([nH]c(-c3ccnc(F)c3)c2Nc2ccccc2)C1.Nc1cc(-c2[nH]c3c(c2Nc2ccc(F)c(F)c2)C(=O)CCC3)ccn1.Nc1cc(-c2[nH]c3c(c2Nc2ccc(F)cc2)C(=O)CCC3)ccn1. The van der Waals surface area contributed by atoms with Crippen molar-refractivity contribution in [2.45, 2.75) is 91.9 Å². The van der Waals surface area contributed by atoms with Gasteiger partial charge in [0.1, 0.15) is 22.6 Å². The molecule has 0 amide bonds. The lowest BCUT2D eigenvalue weighted by Crippen LogP contribution is -2.26. The molecule has 12 N–H and O–H groups in total. The zero-order valence-corrected chi connectivity index (χ0v) is 58.6. The Morgan fingerprint density at radius 1 is 0.404 bits per heavy atom. The molecule has 24 heteroatoms. The maximum Gasteiger partial charge on any atom is 0.213 e. The smallest absolute Gasteiger partial charge is 0.213 e. The van der Waals surface area contributed by atoms with E-state index in [0.29, 0.717) is 110 Å². The van der Waals surface area contributed by atoms with Crippen molar-refractivity contribution in [1.82, 2.24) is 39.9 Å². The normalized spacial score (nSPS) is 14.6. The lowest BCUT2D eigenvalue weighted by atomic mass is 9.76. The first-order chi connectivity index (χ1) is 49.9. The molecule has 0 radical (unpaired) electrons. The first kappa shape index (κ1) is 70.8. The van der Waals surface area contributed by atoms with Gasteiger partial charge in [0.2, 0.25) is 5.95 Å². The van der Waals surface area contributed by atoms with Gasteiger partial charge in [-0.25, -0.2) is 33.1 Å². The van der Waals surface area contributed by atoms with Gasteiger partial charge in [-0.05, 0) is 146 Å².